The number of hydrogen-bond donors (Lipinski definition) is 1. The number of urea groups is 1. The molecule has 0 aromatic heterocycles. The van der Waals surface area contributed by atoms with Gasteiger partial charge in [0.05, 0.1) is 6.54 Å². The van der Waals surface area contributed by atoms with Gasteiger partial charge < -0.3 is 10.1 Å². The van der Waals surface area contributed by atoms with E-state index in [-0.39, 0.29) is 24.8 Å². The average molecular weight is 333 g/mol. The second kappa shape index (κ2) is 7.32. The number of benzene rings is 2. The third kappa shape index (κ3) is 3.85. The maximum Gasteiger partial charge on any atom is 0.329 e. The molecule has 6 heteroatoms. The Kier molecular flexibility index (Phi) is 4.77. The summed E-state index contributed by atoms with van der Waals surface area (Å²) in [6.07, 6.45) is 1.61. The molecule has 124 valence electrons. The van der Waals surface area contributed by atoms with E-state index >= 15 is 0 Å². The lowest BCUT2D eigenvalue weighted by Gasteiger charge is -2.11. The van der Waals surface area contributed by atoms with Crippen molar-refractivity contribution >= 4 is 18.0 Å². The number of carbonyl (C=O) groups is 2. The summed E-state index contributed by atoms with van der Waals surface area (Å²) in [4.78, 5) is 25.7. The standard InChI is InChI=1S/C19H15N3O3/c20-10-11-25-16-8-6-14(7-9-16)12-17-18(23)22(19(24)21-17)13-15-4-2-1-3-5-15/h1-9,12H,11,13H2,(H,21,24)/b17-12-. The number of imide groups is 1. The average Bonchev–Trinajstić information content (AvgIpc) is 2.89. The van der Waals surface area contributed by atoms with Crippen LogP contribution in [0.5, 0.6) is 5.75 Å². The van der Waals surface area contributed by atoms with Gasteiger partial charge in [-0.1, -0.05) is 42.5 Å². The molecule has 2 aromatic carbocycles. The number of ether oxygens (including phenoxy) is 1. The van der Waals surface area contributed by atoms with Gasteiger partial charge in [-0.05, 0) is 29.3 Å². The number of carbonyl (C=O) groups excluding carboxylic acids is 2. The monoisotopic (exact) mass is 333 g/mol. The SMILES string of the molecule is N#CCOc1ccc(/C=C2\NC(=O)N(Cc3ccccc3)C2=O)cc1. The maximum absolute atomic E-state index is 12.4. The number of nitriles is 1. The Morgan fingerprint density at radius 3 is 2.48 bits per heavy atom. The summed E-state index contributed by atoms with van der Waals surface area (Å²) < 4.78 is 5.18. The first-order valence-electron chi connectivity index (χ1n) is 7.65. The number of rotatable bonds is 5. The van der Waals surface area contributed by atoms with Gasteiger partial charge in [-0.2, -0.15) is 5.26 Å². The first-order valence-corrected chi connectivity index (χ1v) is 7.65. The number of amides is 3. The summed E-state index contributed by atoms with van der Waals surface area (Å²) in [6.45, 7) is 0.202. The summed E-state index contributed by atoms with van der Waals surface area (Å²) >= 11 is 0. The van der Waals surface area contributed by atoms with Crippen molar-refractivity contribution in [1.29, 1.82) is 5.26 Å². The first-order chi connectivity index (χ1) is 12.2. The van der Waals surface area contributed by atoms with E-state index in [1.165, 1.54) is 4.90 Å². The van der Waals surface area contributed by atoms with Gasteiger partial charge >= 0.3 is 6.03 Å². The predicted octanol–water partition coefficient (Wildman–Crippen LogP) is 2.68. The van der Waals surface area contributed by atoms with E-state index < -0.39 is 6.03 Å². The molecule has 2 aromatic rings. The molecule has 25 heavy (non-hydrogen) atoms. The molecule has 0 bridgehead atoms. The molecule has 0 aliphatic carbocycles. The van der Waals surface area contributed by atoms with Crippen LogP contribution in [-0.4, -0.2) is 23.4 Å². The minimum Gasteiger partial charge on any atom is -0.479 e. The zero-order valence-electron chi connectivity index (χ0n) is 13.3. The van der Waals surface area contributed by atoms with Crippen LogP contribution in [0.1, 0.15) is 11.1 Å². The topological polar surface area (TPSA) is 82.4 Å². The van der Waals surface area contributed by atoms with E-state index in [2.05, 4.69) is 5.32 Å². The van der Waals surface area contributed by atoms with Crippen molar-refractivity contribution in [2.24, 2.45) is 0 Å². The largest absolute Gasteiger partial charge is 0.479 e. The highest BCUT2D eigenvalue weighted by Crippen LogP contribution is 2.18. The third-order valence-electron chi connectivity index (χ3n) is 3.64. The second-order valence-corrected chi connectivity index (χ2v) is 5.38. The Bertz CT molecular complexity index is 852. The van der Waals surface area contributed by atoms with Crippen molar-refractivity contribution < 1.29 is 14.3 Å². The summed E-state index contributed by atoms with van der Waals surface area (Å²) in [6, 6.07) is 17.7. The van der Waals surface area contributed by atoms with Crippen LogP contribution >= 0.6 is 0 Å². The van der Waals surface area contributed by atoms with E-state index in [1.54, 1.807) is 30.3 Å². The molecule has 1 aliphatic heterocycles. The summed E-state index contributed by atoms with van der Waals surface area (Å²) in [7, 11) is 0. The summed E-state index contributed by atoms with van der Waals surface area (Å²) in [5.41, 5.74) is 1.85. The lowest BCUT2D eigenvalue weighted by atomic mass is 10.1. The van der Waals surface area contributed by atoms with E-state index in [9.17, 15) is 9.59 Å². The van der Waals surface area contributed by atoms with Gasteiger partial charge in [0, 0.05) is 0 Å². The fraction of sp³-hybridized carbons (Fsp3) is 0.105. The van der Waals surface area contributed by atoms with E-state index in [0.29, 0.717) is 5.75 Å². The molecule has 0 unspecified atom stereocenters. The Morgan fingerprint density at radius 2 is 1.80 bits per heavy atom. The zero-order chi connectivity index (χ0) is 17.6. The van der Waals surface area contributed by atoms with Crippen molar-refractivity contribution in [3.05, 3.63) is 71.4 Å². The molecule has 0 spiro atoms. The predicted molar refractivity (Wildman–Crippen MR) is 91.1 cm³/mol. The molecule has 1 aliphatic rings. The van der Waals surface area contributed by atoms with Crippen LogP contribution < -0.4 is 10.1 Å². The van der Waals surface area contributed by atoms with E-state index in [0.717, 1.165) is 11.1 Å². The van der Waals surface area contributed by atoms with E-state index in [4.69, 9.17) is 10.00 Å². The fourth-order valence-corrected chi connectivity index (χ4v) is 2.42. The second-order valence-electron chi connectivity index (χ2n) is 5.38. The molecular weight excluding hydrogens is 318 g/mol. The minimum atomic E-state index is -0.436. The van der Waals surface area contributed by atoms with Crippen LogP contribution in [0, 0.1) is 11.3 Å². The molecule has 0 saturated carbocycles. The number of hydrogen-bond acceptors (Lipinski definition) is 4. The van der Waals surface area contributed by atoms with E-state index in [1.807, 2.05) is 36.4 Å². The minimum absolute atomic E-state index is 0.0244. The molecule has 3 rings (SSSR count). The number of nitrogens with one attached hydrogen (secondary N) is 1. The van der Waals surface area contributed by atoms with Crippen LogP contribution in [0.15, 0.2) is 60.3 Å². The Morgan fingerprint density at radius 1 is 1.08 bits per heavy atom. The Balaban J connectivity index is 1.73. The van der Waals surface area contributed by atoms with Crippen molar-refractivity contribution in [2.45, 2.75) is 6.54 Å². The van der Waals surface area contributed by atoms with Crippen molar-refractivity contribution in [3.63, 3.8) is 0 Å². The third-order valence-corrected chi connectivity index (χ3v) is 3.64. The Labute approximate surface area is 144 Å². The quantitative estimate of drug-likeness (QED) is 0.674. The molecule has 6 nitrogen and oxygen atoms in total. The smallest absolute Gasteiger partial charge is 0.329 e. The maximum atomic E-state index is 12.4. The van der Waals surface area contributed by atoms with Gasteiger partial charge in [-0.15, -0.1) is 0 Å². The first kappa shape index (κ1) is 16.3. The lowest BCUT2D eigenvalue weighted by molar-refractivity contribution is -0.123. The molecule has 1 saturated heterocycles. The van der Waals surface area contributed by atoms with Crippen molar-refractivity contribution in [3.8, 4) is 11.8 Å². The molecule has 3 amide bonds. The Hall–Kier alpha value is -3.59. The highest BCUT2D eigenvalue weighted by molar-refractivity contribution is 6.13. The summed E-state index contributed by atoms with van der Waals surface area (Å²) in [5, 5.41) is 11.1. The molecular formula is C19H15N3O3. The van der Waals surface area contributed by atoms with Gasteiger partial charge in [0.1, 0.15) is 17.5 Å². The summed E-state index contributed by atoms with van der Waals surface area (Å²) in [5.74, 6) is 0.204. The molecule has 0 atom stereocenters. The molecule has 0 radical (unpaired) electrons. The van der Waals surface area contributed by atoms with Crippen molar-refractivity contribution in [1.82, 2.24) is 10.2 Å². The van der Waals surface area contributed by atoms with Gasteiger partial charge in [0.2, 0.25) is 0 Å². The molecule has 1 fully saturated rings. The highest BCUT2D eigenvalue weighted by Gasteiger charge is 2.33. The van der Waals surface area contributed by atoms with Crippen molar-refractivity contribution in [2.75, 3.05) is 6.61 Å². The fourth-order valence-electron chi connectivity index (χ4n) is 2.42. The highest BCUT2D eigenvalue weighted by atomic mass is 16.5. The van der Waals surface area contributed by atoms with Gasteiger partial charge in [-0.3, -0.25) is 9.69 Å². The van der Waals surface area contributed by atoms with Gasteiger partial charge in [-0.25, -0.2) is 4.79 Å². The zero-order valence-corrected chi connectivity index (χ0v) is 13.3. The number of nitrogens with zero attached hydrogens (tertiary/aromatic N) is 2. The van der Waals surface area contributed by atoms with Crippen LogP contribution in [0.25, 0.3) is 6.08 Å². The lowest BCUT2D eigenvalue weighted by Crippen LogP contribution is -2.30. The molecule has 1 heterocycles. The van der Waals surface area contributed by atoms with Crippen LogP contribution in [0.2, 0.25) is 0 Å². The van der Waals surface area contributed by atoms with Gasteiger partial charge in [0.15, 0.2) is 6.61 Å². The van der Waals surface area contributed by atoms with Gasteiger partial charge in [0.25, 0.3) is 5.91 Å². The molecule has 1 N–H and O–H groups in total. The van der Waals surface area contributed by atoms with Crippen LogP contribution in [0.3, 0.4) is 0 Å². The van der Waals surface area contributed by atoms with Crippen LogP contribution in [0.4, 0.5) is 4.79 Å². The normalized spacial score (nSPS) is 15.2. The van der Waals surface area contributed by atoms with Crippen LogP contribution in [-0.2, 0) is 11.3 Å².